The molecule has 0 amide bonds. The summed E-state index contributed by atoms with van der Waals surface area (Å²) in [5, 5.41) is 3.58. The Balaban J connectivity index is -0.000000580. The van der Waals surface area contributed by atoms with Gasteiger partial charge in [-0.3, -0.25) is 4.79 Å². The van der Waals surface area contributed by atoms with Gasteiger partial charge < -0.3 is 40.9 Å². The molecular weight excluding hydrogens is 549 g/mol. The maximum atomic E-state index is 10.6. The van der Waals surface area contributed by atoms with Crippen molar-refractivity contribution < 1.29 is 53.5 Å². The molecule has 2 fully saturated rings. The minimum absolute atomic E-state index is 0. The number of nitrogens with two attached hydrogens (primary N) is 1. The number of ether oxygens (including phenoxy) is 6. The fraction of sp³-hybridized carbons (Fsp3) is 0.567. The summed E-state index contributed by atoms with van der Waals surface area (Å²) in [7, 11) is 6.59. The smallest absolute Gasteiger partial charge is 1.00 e. The van der Waals surface area contributed by atoms with Crippen LogP contribution in [-0.2, 0) is 27.4 Å². The number of rotatable bonds is 8. The molecule has 0 bridgehead atoms. The monoisotopic (exact) mass is 599 g/mol. The molecule has 0 saturated carbocycles. The zero-order valence-electron chi connectivity index (χ0n) is 27.6. The van der Waals surface area contributed by atoms with Crippen LogP contribution in [0.4, 0.5) is 0 Å². The third-order valence-electron chi connectivity index (χ3n) is 6.57. The second kappa shape index (κ2) is 23.7. The maximum absolute atomic E-state index is 10.6. The summed E-state index contributed by atoms with van der Waals surface area (Å²) >= 11 is 0. The molecule has 42 heavy (non-hydrogen) atoms. The van der Waals surface area contributed by atoms with Crippen LogP contribution in [0.1, 0.15) is 52.1 Å². The second-order valence-corrected chi connectivity index (χ2v) is 9.52. The third kappa shape index (κ3) is 15.1. The summed E-state index contributed by atoms with van der Waals surface area (Å²) in [4.78, 5) is 10.6. The molecule has 0 aliphatic carbocycles. The van der Waals surface area contributed by atoms with Crippen LogP contribution >= 0.6 is 9.90 Å². The predicted molar refractivity (Wildman–Crippen MR) is 170 cm³/mol. The Morgan fingerprint density at radius 1 is 0.881 bits per heavy atom. The Hall–Kier alpha value is -1.76. The zero-order valence-corrected chi connectivity index (χ0v) is 28.0. The molecule has 2 saturated heterocycles. The van der Waals surface area contributed by atoms with Gasteiger partial charge in [0, 0.05) is 70.3 Å². The summed E-state index contributed by atoms with van der Waals surface area (Å²) in [5.41, 5.74) is 7.64. The van der Waals surface area contributed by atoms with Crippen molar-refractivity contribution in [3.05, 3.63) is 47.5 Å². The van der Waals surface area contributed by atoms with Crippen molar-refractivity contribution in [3.8, 4) is 23.0 Å². The first-order valence-electron chi connectivity index (χ1n) is 13.4. The van der Waals surface area contributed by atoms with E-state index in [0.717, 1.165) is 60.1 Å². The van der Waals surface area contributed by atoms with E-state index in [1.807, 2.05) is 43.3 Å². The molecule has 0 spiro atoms. The van der Waals surface area contributed by atoms with Crippen molar-refractivity contribution in [1.29, 1.82) is 0 Å². The Labute approximate surface area is 271 Å². The van der Waals surface area contributed by atoms with Gasteiger partial charge in [0.1, 0.15) is 28.8 Å². The van der Waals surface area contributed by atoms with Crippen molar-refractivity contribution in [1.82, 2.24) is 5.32 Å². The van der Waals surface area contributed by atoms with Crippen LogP contribution in [0, 0.1) is 0 Å². The van der Waals surface area contributed by atoms with E-state index in [2.05, 4.69) is 12.2 Å². The van der Waals surface area contributed by atoms with Crippen molar-refractivity contribution in [2.45, 2.75) is 70.9 Å². The molecule has 2 aliphatic rings. The van der Waals surface area contributed by atoms with E-state index in [1.165, 1.54) is 0 Å². The number of hydrogen-bond donors (Lipinski definition) is 2. The van der Waals surface area contributed by atoms with Crippen LogP contribution in [0.5, 0.6) is 23.0 Å². The minimum Gasteiger partial charge on any atom is -1.00 e. The first kappa shape index (κ1) is 42.4. The molecule has 2 aromatic carbocycles. The van der Waals surface area contributed by atoms with Gasteiger partial charge in [-0.25, -0.2) is 0 Å². The largest absolute Gasteiger partial charge is 1.00 e. The topological polar surface area (TPSA) is 111 Å². The number of Topliss-reactive ketones (excluding diaryl/α,β-unsaturated/α-hetero) is 1. The molecule has 9 nitrogen and oxygen atoms in total. The van der Waals surface area contributed by atoms with Gasteiger partial charge in [0.05, 0.1) is 47.3 Å². The van der Waals surface area contributed by atoms with Gasteiger partial charge in [-0.05, 0) is 38.8 Å². The number of carbonyl (C=O) groups excluding carboxylic acids is 1. The van der Waals surface area contributed by atoms with Crippen molar-refractivity contribution >= 4 is 24.1 Å². The molecule has 231 valence electrons. The SMILES string of the molecule is CC1CC(=O)CCO1.COc1ccc(CN)c(OC)c1.COc1ccc(CN[C@H]2CCO[C@@H](C)C2)c(OC)c1.P.[B].[H-].[Li+]. The average Bonchev–Trinajstić information content (AvgIpc) is 2.96. The van der Waals surface area contributed by atoms with E-state index < -0.39 is 0 Å². The molecule has 0 aromatic heterocycles. The first-order chi connectivity index (χ1) is 18.8. The average molecular weight is 599 g/mol. The number of nitrogens with one attached hydrogen (secondary N) is 1. The number of hydrogen-bond acceptors (Lipinski definition) is 9. The maximum Gasteiger partial charge on any atom is 1.00 e. The second-order valence-electron chi connectivity index (χ2n) is 9.52. The van der Waals surface area contributed by atoms with Gasteiger partial charge in [-0.2, -0.15) is 9.90 Å². The molecule has 3 radical (unpaired) electrons. The summed E-state index contributed by atoms with van der Waals surface area (Å²) in [6, 6.07) is 12.0. The van der Waals surface area contributed by atoms with Gasteiger partial charge in [-0.1, -0.05) is 12.1 Å². The van der Waals surface area contributed by atoms with Crippen LogP contribution in [-0.4, -0.2) is 74.1 Å². The number of methoxy groups -OCH3 is 4. The van der Waals surface area contributed by atoms with Crippen LogP contribution in [0.25, 0.3) is 0 Å². The molecule has 3 N–H and O–H groups in total. The standard InChI is InChI=1S/C15H23NO3.C9H13NO2.C6H10O2.B.Li.H3P.H/c1-11-8-13(6-7-19-11)16-10-12-4-5-14(17-2)9-15(12)18-3;1-11-8-4-3-7(6-10)9(5-8)12-2;1-5-4-6(7)2-3-8-5;;;;/h4-5,9,11,13,16H,6-8,10H2,1-3H3;3-5H,6,10H2,1-2H3;5H,2-4H2,1H3;;;1H3;/q;;;;+1;;-1/t11-,13-;;;;;;/m0....../s1. The Bertz CT molecular complexity index is 1030. The normalized spacial score (nSPS) is 19.0. The van der Waals surface area contributed by atoms with Crippen molar-refractivity contribution in [2.24, 2.45) is 5.73 Å². The number of carbonyl (C=O) groups is 1. The van der Waals surface area contributed by atoms with Crippen LogP contribution in [0.3, 0.4) is 0 Å². The molecule has 2 aromatic rings. The summed E-state index contributed by atoms with van der Waals surface area (Å²) < 4.78 is 31.4. The Morgan fingerprint density at radius 2 is 1.43 bits per heavy atom. The summed E-state index contributed by atoms with van der Waals surface area (Å²) in [6.45, 7) is 6.81. The summed E-state index contributed by atoms with van der Waals surface area (Å²) in [5.74, 6) is 3.58. The fourth-order valence-corrected chi connectivity index (χ4v) is 4.31. The van der Waals surface area contributed by atoms with E-state index in [-0.39, 0.29) is 44.7 Å². The van der Waals surface area contributed by atoms with E-state index in [0.29, 0.717) is 43.9 Å². The van der Waals surface area contributed by atoms with E-state index >= 15 is 0 Å². The molecule has 2 heterocycles. The fourth-order valence-electron chi connectivity index (χ4n) is 4.31. The van der Waals surface area contributed by atoms with Gasteiger partial charge >= 0.3 is 18.9 Å². The molecular formula is C30H50BLiN2O7P. The number of ketones is 1. The van der Waals surface area contributed by atoms with Gasteiger partial charge in [-0.15, -0.1) is 0 Å². The quantitative estimate of drug-likeness (QED) is 0.340. The number of benzene rings is 2. The van der Waals surface area contributed by atoms with Crippen molar-refractivity contribution in [3.63, 3.8) is 0 Å². The first-order valence-corrected chi connectivity index (χ1v) is 13.4. The predicted octanol–water partition coefficient (Wildman–Crippen LogP) is 1.07. The summed E-state index contributed by atoms with van der Waals surface area (Å²) in [6.07, 6.45) is 3.88. The molecule has 2 aliphatic heterocycles. The van der Waals surface area contributed by atoms with Gasteiger partial charge in [0.25, 0.3) is 0 Å². The third-order valence-corrected chi connectivity index (χ3v) is 6.57. The minimum atomic E-state index is 0. The molecule has 12 heteroatoms. The van der Waals surface area contributed by atoms with E-state index in [9.17, 15) is 4.79 Å². The molecule has 4 rings (SSSR count). The zero-order chi connectivity index (χ0) is 28.6. The van der Waals surface area contributed by atoms with Crippen molar-refractivity contribution in [2.75, 3.05) is 41.7 Å². The van der Waals surface area contributed by atoms with Crippen LogP contribution in [0.2, 0.25) is 0 Å². The molecule has 2 unspecified atom stereocenters. The molecule has 4 atom stereocenters. The van der Waals surface area contributed by atoms with E-state index in [4.69, 9.17) is 34.2 Å². The van der Waals surface area contributed by atoms with Gasteiger partial charge in [0.2, 0.25) is 0 Å². The van der Waals surface area contributed by atoms with Gasteiger partial charge in [0.15, 0.2) is 0 Å². The van der Waals surface area contributed by atoms with Crippen LogP contribution in [0.15, 0.2) is 36.4 Å². The Morgan fingerprint density at radius 3 is 1.88 bits per heavy atom. The van der Waals surface area contributed by atoms with E-state index in [1.54, 1.807) is 28.4 Å². The Kier molecular flexibility index (Phi) is 23.9. The van der Waals surface area contributed by atoms with Crippen LogP contribution < -0.4 is 48.9 Å².